The Kier molecular flexibility index (Phi) is 7.82. The summed E-state index contributed by atoms with van der Waals surface area (Å²) in [6.45, 7) is 6.55. The predicted octanol–water partition coefficient (Wildman–Crippen LogP) is 5.19. The third-order valence-electron chi connectivity index (χ3n) is 10.2. The van der Waals surface area contributed by atoms with E-state index in [0.29, 0.717) is 63.7 Å². The summed E-state index contributed by atoms with van der Waals surface area (Å²) >= 11 is 0. The van der Waals surface area contributed by atoms with Crippen LogP contribution in [0.15, 0.2) is 30.5 Å². The van der Waals surface area contributed by atoms with Gasteiger partial charge in [0.1, 0.15) is 22.8 Å². The van der Waals surface area contributed by atoms with Crippen molar-refractivity contribution in [1.29, 1.82) is 0 Å². The summed E-state index contributed by atoms with van der Waals surface area (Å²) in [5.74, 6) is 2.37. The summed E-state index contributed by atoms with van der Waals surface area (Å²) in [5.41, 5.74) is -0.243. The van der Waals surface area contributed by atoms with Crippen molar-refractivity contribution in [1.82, 2.24) is 25.2 Å². The van der Waals surface area contributed by atoms with Crippen LogP contribution < -0.4 is 15.1 Å². The number of likely N-dealkylation sites (N-methyl/N-ethyl adjacent to an activating group) is 2. The number of benzene rings is 2. The van der Waals surface area contributed by atoms with Gasteiger partial charge in [-0.1, -0.05) is 18.4 Å². The van der Waals surface area contributed by atoms with Crippen LogP contribution in [0.3, 0.4) is 0 Å². The van der Waals surface area contributed by atoms with Gasteiger partial charge in [-0.25, -0.2) is 13.8 Å². The molecule has 2 aromatic carbocycles. The number of nitrogens with zero attached hydrogens (tertiary/aromatic N) is 6. The zero-order valence-electron chi connectivity index (χ0n) is 26.9. The maximum atomic E-state index is 17.1. The molecular weight excluding hydrogens is 584 g/mol. The molecule has 0 saturated carbocycles. The Morgan fingerprint density at radius 1 is 1.11 bits per heavy atom. The highest BCUT2D eigenvalue weighted by Gasteiger charge is 2.39. The SMILES string of the molecule is C#Cc1c(F)ccc2cc(C(C)(C)O)cc(-c3ncc4c(N(C)C[C@@H]5CCCCN5)nc(N5CC6CCC(C5)N6C)nc4c3F)c12. The number of pyridine rings is 1. The smallest absolute Gasteiger partial charge is 0.228 e. The van der Waals surface area contributed by atoms with Gasteiger partial charge in [0.05, 0.1) is 16.6 Å². The Bertz CT molecular complexity index is 1850. The Labute approximate surface area is 268 Å². The number of terminal acetylenes is 1. The Hall–Kier alpha value is -3.91. The molecule has 5 heterocycles. The zero-order chi connectivity index (χ0) is 32.3. The molecule has 0 amide bonds. The van der Waals surface area contributed by atoms with E-state index in [0.717, 1.165) is 38.9 Å². The van der Waals surface area contributed by atoms with Crippen LogP contribution in [0.2, 0.25) is 0 Å². The van der Waals surface area contributed by atoms with E-state index in [9.17, 15) is 5.11 Å². The second-order valence-corrected chi connectivity index (χ2v) is 13.8. The quantitative estimate of drug-likeness (QED) is 0.284. The van der Waals surface area contributed by atoms with Crippen molar-refractivity contribution in [2.75, 3.05) is 50.1 Å². The van der Waals surface area contributed by atoms with Gasteiger partial charge in [0, 0.05) is 62.0 Å². The monoisotopic (exact) mass is 625 g/mol. The van der Waals surface area contributed by atoms with Crippen LogP contribution in [-0.2, 0) is 5.60 Å². The lowest BCUT2D eigenvalue weighted by Gasteiger charge is -2.39. The van der Waals surface area contributed by atoms with Crippen LogP contribution in [0.1, 0.15) is 57.1 Å². The molecule has 2 aromatic heterocycles. The van der Waals surface area contributed by atoms with Crippen molar-refractivity contribution < 1.29 is 13.9 Å². The maximum absolute atomic E-state index is 17.1. The molecule has 4 aromatic rings. The van der Waals surface area contributed by atoms with Crippen molar-refractivity contribution in [3.8, 4) is 23.6 Å². The number of fused-ring (bicyclic) bond motifs is 4. The standard InChI is InChI=1S/C36H41F2N7O/c1-6-26-29(37)13-10-21-15-22(36(2,3)46)16-27(30(21)26)32-31(38)33-28(17-40-32)34(43(4)18-23-9-7-8-14-39-23)42-35(41-33)45-19-24-11-12-25(20-45)44(24)5/h1,10,13,15-17,23-25,39,46H,7-9,11-12,14,18-20H2,2-5H3/t23-,24?,25?/m0/s1. The van der Waals surface area contributed by atoms with Crippen LogP contribution in [0.25, 0.3) is 32.9 Å². The molecule has 2 N–H and O–H groups in total. The van der Waals surface area contributed by atoms with Crippen molar-refractivity contribution in [2.24, 2.45) is 0 Å². The van der Waals surface area contributed by atoms with Crippen LogP contribution in [0, 0.1) is 24.0 Å². The number of nitrogens with one attached hydrogen (secondary N) is 1. The molecule has 2 bridgehead atoms. The molecule has 0 spiro atoms. The first-order valence-electron chi connectivity index (χ1n) is 16.3. The molecule has 2 unspecified atom stereocenters. The van der Waals surface area contributed by atoms with Gasteiger partial charge in [-0.15, -0.1) is 6.42 Å². The van der Waals surface area contributed by atoms with Gasteiger partial charge >= 0.3 is 0 Å². The summed E-state index contributed by atoms with van der Waals surface area (Å²) in [4.78, 5) is 21.3. The van der Waals surface area contributed by atoms with E-state index < -0.39 is 17.2 Å². The van der Waals surface area contributed by atoms with Crippen LogP contribution in [0.4, 0.5) is 20.5 Å². The van der Waals surface area contributed by atoms with Gasteiger partial charge < -0.3 is 20.2 Å². The average Bonchev–Trinajstić information content (AvgIpc) is 3.23. The molecule has 3 fully saturated rings. The number of aromatic nitrogens is 3. The normalized spacial score (nSPS) is 22.0. The summed E-state index contributed by atoms with van der Waals surface area (Å²) in [6, 6.07) is 7.40. The highest BCUT2D eigenvalue weighted by Crippen LogP contribution is 2.40. The maximum Gasteiger partial charge on any atom is 0.228 e. The van der Waals surface area contributed by atoms with Gasteiger partial charge in [-0.3, -0.25) is 9.88 Å². The van der Waals surface area contributed by atoms with Crippen LogP contribution in [0.5, 0.6) is 0 Å². The van der Waals surface area contributed by atoms with Gasteiger partial charge in [0.15, 0.2) is 5.82 Å². The fourth-order valence-electron chi connectivity index (χ4n) is 7.55. The topological polar surface area (TPSA) is 80.7 Å². The first-order valence-corrected chi connectivity index (χ1v) is 16.3. The lowest BCUT2D eigenvalue weighted by molar-refractivity contribution is 0.0788. The first-order chi connectivity index (χ1) is 22.0. The Balaban J connectivity index is 1.43. The van der Waals surface area contributed by atoms with Crippen LogP contribution in [-0.4, -0.2) is 83.4 Å². The molecule has 3 saturated heterocycles. The fraction of sp³-hybridized carbons (Fsp3) is 0.472. The van der Waals surface area contributed by atoms with Crippen molar-refractivity contribution in [3.63, 3.8) is 0 Å². The molecular formula is C36H41F2N7O. The number of hydrogen-bond donors (Lipinski definition) is 2. The van der Waals surface area contributed by atoms with Crippen molar-refractivity contribution >= 4 is 33.4 Å². The Morgan fingerprint density at radius 3 is 2.54 bits per heavy atom. The molecule has 3 atom stereocenters. The second kappa shape index (κ2) is 11.7. The van der Waals surface area contributed by atoms with E-state index in [1.165, 1.54) is 18.9 Å². The molecule has 0 aliphatic carbocycles. The van der Waals surface area contributed by atoms with E-state index in [1.54, 1.807) is 38.2 Å². The minimum atomic E-state index is -1.25. The molecule has 3 aliphatic heterocycles. The minimum absolute atomic E-state index is 0.00338. The molecule has 46 heavy (non-hydrogen) atoms. The summed E-state index contributed by atoms with van der Waals surface area (Å²) in [5, 5.41) is 16.0. The van der Waals surface area contributed by atoms with Gasteiger partial charge in [0.2, 0.25) is 5.95 Å². The lowest BCUT2D eigenvalue weighted by Crippen LogP contribution is -2.52. The van der Waals surface area contributed by atoms with Crippen molar-refractivity contribution in [3.05, 3.63) is 53.2 Å². The van der Waals surface area contributed by atoms with Gasteiger partial charge in [-0.2, -0.15) is 4.98 Å². The number of piperidine rings is 1. The Morgan fingerprint density at radius 2 is 1.87 bits per heavy atom. The molecule has 10 heteroatoms. The van der Waals surface area contributed by atoms with Gasteiger partial charge in [-0.05, 0) is 82.3 Å². The molecule has 7 rings (SSSR count). The lowest BCUT2D eigenvalue weighted by atomic mass is 9.89. The third-order valence-corrected chi connectivity index (χ3v) is 10.2. The number of halogens is 2. The molecule has 0 radical (unpaired) electrons. The van der Waals surface area contributed by atoms with Gasteiger partial charge in [0.25, 0.3) is 0 Å². The summed E-state index contributed by atoms with van der Waals surface area (Å²) in [7, 11) is 4.16. The molecule has 3 aliphatic rings. The molecule has 240 valence electrons. The average molecular weight is 626 g/mol. The third kappa shape index (κ3) is 5.34. The van der Waals surface area contributed by atoms with Crippen molar-refractivity contribution in [2.45, 2.75) is 69.7 Å². The number of piperazine rings is 1. The van der Waals surface area contributed by atoms with Crippen LogP contribution >= 0.6 is 0 Å². The summed E-state index contributed by atoms with van der Waals surface area (Å²) < 4.78 is 32.2. The number of rotatable bonds is 6. The summed E-state index contributed by atoms with van der Waals surface area (Å²) in [6.07, 6.45) is 13.0. The number of hydrogen-bond acceptors (Lipinski definition) is 8. The van der Waals surface area contributed by atoms with E-state index in [1.807, 2.05) is 7.05 Å². The fourth-order valence-corrected chi connectivity index (χ4v) is 7.55. The van der Waals surface area contributed by atoms with E-state index in [4.69, 9.17) is 16.4 Å². The van der Waals surface area contributed by atoms with E-state index in [-0.39, 0.29) is 16.8 Å². The number of anilines is 2. The minimum Gasteiger partial charge on any atom is -0.386 e. The molecule has 8 nitrogen and oxygen atoms in total. The number of aliphatic hydroxyl groups is 1. The van der Waals surface area contributed by atoms with E-state index >= 15 is 8.78 Å². The first kappa shape index (κ1) is 30.7. The largest absolute Gasteiger partial charge is 0.386 e. The highest BCUT2D eigenvalue weighted by molar-refractivity contribution is 6.02. The highest BCUT2D eigenvalue weighted by atomic mass is 19.1. The predicted molar refractivity (Wildman–Crippen MR) is 179 cm³/mol. The zero-order valence-corrected chi connectivity index (χ0v) is 26.9. The van der Waals surface area contributed by atoms with E-state index in [2.05, 4.69) is 38.0 Å². The second-order valence-electron chi connectivity index (χ2n) is 13.8.